The Morgan fingerprint density at radius 3 is 2.87 bits per heavy atom. The van der Waals surface area contributed by atoms with Crippen LogP contribution >= 0.6 is 0 Å². The molecule has 0 spiro atoms. The van der Waals surface area contributed by atoms with E-state index in [4.69, 9.17) is 0 Å². The lowest BCUT2D eigenvalue weighted by Gasteiger charge is -2.18. The first-order valence-corrected chi connectivity index (χ1v) is 8.07. The van der Waals surface area contributed by atoms with Gasteiger partial charge in [0, 0.05) is 22.8 Å². The Kier molecular flexibility index (Phi) is 4.53. The average Bonchev–Trinajstić information content (AvgIpc) is 2.66. The van der Waals surface area contributed by atoms with Crippen LogP contribution in [0.2, 0.25) is 0 Å². The third kappa shape index (κ3) is 3.80. The molecule has 1 aliphatic rings. The van der Waals surface area contributed by atoms with E-state index in [1.807, 2.05) is 18.2 Å². The summed E-state index contributed by atoms with van der Waals surface area (Å²) in [5, 5.41) is 7.77. The number of nitrogens with zero attached hydrogens (tertiary/aromatic N) is 1. The average molecular weight is 325 g/mol. The van der Waals surface area contributed by atoms with Crippen molar-refractivity contribution in [2.24, 2.45) is 0 Å². The Morgan fingerprint density at radius 2 is 2.09 bits per heavy atom. The summed E-state index contributed by atoms with van der Waals surface area (Å²) in [6.07, 6.45) is -1.00. The van der Waals surface area contributed by atoms with Crippen molar-refractivity contribution in [1.82, 2.24) is 9.88 Å². The minimum Gasteiger partial charge on any atom is -0.382 e. The van der Waals surface area contributed by atoms with Gasteiger partial charge in [-0.15, -0.1) is 0 Å². The van der Waals surface area contributed by atoms with Gasteiger partial charge in [-0.25, -0.2) is 0 Å². The quantitative estimate of drug-likeness (QED) is 0.891. The molecule has 2 heterocycles. The third-order valence-electron chi connectivity index (χ3n) is 4.43. The Balaban J connectivity index is 1.91. The van der Waals surface area contributed by atoms with E-state index in [-0.39, 0.29) is 0 Å². The van der Waals surface area contributed by atoms with E-state index in [0.717, 1.165) is 43.4 Å². The van der Waals surface area contributed by atoms with E-state index in [1.165, 1.54) is 4.57 Å². The van der Waals surface area contributed by atoms with Crippen molar-refractivity contribution in [2.45, 2.75) is 44.9 Å². The van der Waals surface area contributed by atoms with Crippen molar-refractivity contribution in [3.05, 3.63) is 30.0 Å². The summed E-state index contributed by atoms with van der Waals surface area (Å²) < 4.78 is 39.7. The zero-order valence-electron chi connectivity index (χ0n) is 13.2. The summed E-state index contributed by atoms with van der Waals surface area (Å²) in [5.74, 6) is 0. The molecule has 3 nitrogen and oxygen atoms in total. The van der Waals surface area contributed by atoms with Gasteiger partial charge in [0.2, 0.25) is 0 Å². The van der Waals surface area contributed by atoms with Crippen molar-refractivity contribution in [1.29, 1.82) is 0 Å². The summed E-state index contributed by atoms with van der Waals surface area (Å²) in [7, 11) is 0. The molecule has 3 rings (SSSR count). The SMILES string of the molecule is Cc1cc2c(NC3CCCNCC3)cccc2n1CC(F)(F)F. The first kappa shape index (κ1) is 16.2. The van der Waals surface area contributed by atoms with Crippen molar-refractivity contribution < 1.29 is 13.2 Å². The fourth-order valence-corrected chi connectivity index (χ4v) is 3.32. The maximum absolute atomic E-state index is 12.8. The highest BCUT2D eigenvalue weighted by Crippen LogP contribution is 2.30. The van der Waals surface area contributed by atoms with Gasteiger partial charge in [-0.3, -0.25) is 0 Å². The molecule has 126 valence electrons. The van der Waals surface area contributed by atoms with Crippen molar-refractivity contribution in [3.63, 3.8) is 0 Å². The monoisotopic (exact) mass is 325 g/mol. The lowest BCUT2D eigenvalue weighted by atomic mass is 10.1. The minimum absolute atomic E-state index is 0.363. The molecular formula is C17H22F3N3. The second-order valence-corrected chi connectivity index (χ2v) is 6.25. The Bertz CT molecular complexity index is 668. The van der Waals surface area contributed by atoms with Gasteiger partial charge in [0.1, 0.15) is 6.54 Å². The maximum Gasteiger partial charge on any atom is 0.406 e. The zero-order valence-corrected chi connectivity index (χ0v) is 13.2. The van der Waals surface area contributed by atoms with E-state index in [2.05, 4.69) is 10.6 Å². The van der Waals surface area contributed by atoms with Crippen molar-refractivity contribution in [2.75, 3.05) is 18.4 Å². The van der Waals surface area contributed by atoms with Crippen LogP contribution in [0.1, 0.15) is 25.0 Å². The van der Waals surface area contributed by atoms with Gasteiger partial charge in [0.15, 0.2) is 0 Å². The highest BCUT2D eigenvalue weighted by atomic mass is 19.4. The van der Waals surface area contributed by atoms with Gasteiger partial charge < -0.3 is 15.2 Å². The summed E-state index contributed by atoms with van der Waals surface area (Å²) >= 11 is 0. The third-order valence-corrected chi connectivity index (χ3v) is 4.43. The first-order valence-electron chi connectivity index (χ1n) is 8.07. The molecule has 1 aromatic carbocycles. The van der Waals surface area contributed by atoms with Crippen LogP contribution in [0.4, 0.5) is 18.9 Å². The predicted octanol–water partition coefficient (Wildman–Crippen LogP) is 4.07. The molecular weight excluding hydrogens is 303 g/mol. The number of hydrogen-bond donors (Lipinski definition) is 2. The van der Waals surface area contributed by atoms with E-state index in [1.54, 1.807) is 13.0 Å². The molecule has 1 aliphatic heterocycles. The number of fused-ring (bicyclic) bond motifs is 1. The molecule has 0 aliphatic carbocycles. The number of halogens is 3. The maximum atomic E-state index is 12.8. The van der Waals surface area contributed by atoms with Crippen LogP contribution in [0, 0.1) is 6.92 Å². The van der Waals surface area contributed by atoms with E-state index in [0.29, 0.717) is 17.3 Å². The standard InChI is InChI=1S/C17H22F3N3/c1-12-10-14-15(22-13-4-3-8-21-9-7-13)5-2-6-16(14)23(12)11-17(18,19)20/h2,5-6,10,13,21-22H,3-4,7-9,11H2,1H3. The second-order valence-electron chi connectivity index (χ2n) is 6.25. The fraction of sp³-hybridized carbons (Fsp3) is 0.529. The number of hydrogen-bond acceptors (Lipinski definition) is 2. The van der Waals surface area contributed by atoms with Crippen molar-refractivity contribution in [3.8, 4) is 0 Å². The Morgan fingerprint density at radius 1 is 1.26 bits per heavy atom. The smallest absolute Gasteiger partial charge is 0.382 e. The summed E-state index contributed by atoms with van der Waals surface area (Å²) in [5.41, 5.74) is 2.20. The topological polar surface area (TPSA) is 29.0 Å². The van der Waals surface area contributed by atoms with E-state index in [9.17, 15) is 13.2 Å². The van der Waals surface area contributed by atoms with Crippen LogP contribution < -0.4 is 10.6 Å². The molecule has 0 saturated carbocycles. The highest BCUT2D eigenvalue weighted by molar-refractivity contribution is 5.93. The number of anilines is 1. The molecule has 23 heavy (non-hydrogen) atoms. The minimum atomic E-state index is -4.22. The molecule has 1 fully saturated rings. The van der Waals surface area contributed by atoms with Gasteiger partial charge in [-0.2, -0.15) is 13.2 Å². The molecule has 1 atom stereocenters. The van der Waals surface area contributed by atoms with Gasteiger partial charge >= 0.3 is 6.18 Å². The molecule has 1 aromatic heterocycles. The second kappa shape index (κ2) is 6.43. The van der Waals surface area contributed by atoms with Gasteiger partial charge in [0.05, 0.1) is 5.52 Å². The van der Waals surface area contributed by atoms with Crippen LogP contribution in [0.5, 0.6) is 0 Å². The lowest BCUT2D eigenvalue weighted by molar-refractivity contribution is -0.140. The molecule has 2 N–H and O–H groups in total. The number of alkyl halides is 3. The largest absolute Gasteiger partial charge is 0.406 e. The van der Waals surface area contributed by atoms with E-state index >= 15 is 0 Å². The number of aromatic nitrogens is 1. The Hall–Kier alpha value is -1.69. The van der Waals surface area contributed by atoms with Crippen molar-refractivity contribution >= 4 is 16.6 Å². The van der Waals surface area contributed by atoms with Gasteiger partial charge in [-0.05, 0) is 57.5 Å². The normalized spacial score (nSPS) is 19.7. The summed E-state index contributed by atoms with van der Waals surface area (Å²) in [4.78, 5) is 0. The van der Waals surface area contributed by atoms with Gasteiger partial charge in [-0.1, -0.05) is 6.07 Å². The van der Waals surface area contributed by atoms with Crippen LogP contribution in [0.25, 0.3) is 10.9 Å². The predicted molar refractivity (Wildman–Crippen MR) is 86.9 cm³/mol. The molecule has 2 aromatic rings. The Labute approximate surface area is 133 Å². The number of aryl methyl sites for hydroxylation is 1. The molecule has 1 saturated heterocycles. The fourth-order valence-electron chi connectivity index (χ4n) is 3.32. The zero-order chi connectivity index (χ0) is 16.4. The summed E-state index contributed by atoms with van der Waals surface area (Å²) in [6, 6.07) is 7.75. The summed E-state index contributed by atoms with van der Waals surface area (Å²) in [6.45, 7) is 2.79. The van der Waals surface area contributed by atoms with Crippen LogP contribution in [0.15, 0.2) is 24.3 Å². The lowest BCUT2D eigenvalue weighted by Crippen LogP contribution is -2.21. The molecule has 0 radical (unpaired) electrons. The van der Waals surface area contributed by atoms with E-state index < -0.39 is 12.7 Å². The van der Waals surface area contributed by atoms with Crippen LogP contribution in [-0.2, 0) is 6.54 Å². The number of benzene rings is 1. The molecule has 0 amide bonds. The van der Waals surface area contributed by atoms with Crippen LogP contribution in [-0.4, -0.2) is 29.9 Å². The molecule has 6 heteroatoms. The first-order chi connectivity index (χ1) is 10.9. The van der Waals surface area contributed by atoms with Crippen LogP contribution in [0.3, 0.4) is 0 Å². The molecule has 1 unspecified atom stereocenters. The van der Waals surface area contributed by atoms with Gasteiger partial charge in [0.25, 0.3) is 0 Å². The number of nitrogens with one attached hydrogen (secondary N) is 2. The number of rotatable bonds is 3. The highest BCUT2D eigenvalue weighted by Gasteiger charge is 2.29. The molecule has 0 bridgehead atoms.